The summed E-state index contributed by atoms with van der Waals surface area (Å²) in [4.78, 5) is 10.8. The second kappa shape index (κ2) is 7.53. The van der Waals surface area contributed by atoms with Crippen molar-refractivity contribution in [2.24, 2.45) is 0 Å². The van der Waals surface area contributed by atoms with Crippen molar-refractivity contribution < 1.29 is 34.7 Å². The van der Waals surface area contributed by atoms with E-state index in [1.54, 1.807) is 0 Å². The third-order valence-electron chi connectivity index (χ3n) is 2.72. The fourth-order valence-corrected chi connectivity index (χ4v) is 1.63. The first-order valence-electron chi connectivity index (χ1n) is 5.83. The molecule has 0 saturated carbocycles. The molecule has 110 valence electrons. The van der Waals surface area contributed by atoms with Crippen LogP contribution in [-0.4, -0.2) is 76.8 Å². The lowest BCUT2D eigenvalue weighted by molar-refractivity contribution is -0.300. The van der Waals surface area contributed by atoms with E-state index in [0.29, 0.717) is 0 Å². The minimum Gasteiger partial charge on any atom is -0.394 e. The van der Waals surface area contributed by atoms with Gasteiger partial charge in [0.25, 0.3) is 0 Å². The Bertz CT molecular complexity index is 309. The van der Waals surface area contributed by atoms with Crippen LogP contribution in [0.4, 0.5) is 0 Å². The number of carbonyl (C=O) groups excluding carboxylic acids is 1. The molecule has 5 atom stereocenters. The summed E-state index contributed by atoms with van der Waals surface area (Å²) in [5.41, 5.74) is 0. The molecule has 1 unspecified atom stereocenters. The number of hydrogen-bond donors (Lipinski definition) is 5. The van der Waals surface area contributed by atoms with Gasteiger partial charge in [-0.3, -0.25) is 4.79 Å². The monoisotopic (exact) mass is 277 g/mol. The fraction of sp³-hybridized carbons (Fsp3) is 0.727. The molecule has 19 heavy (non-hydrogen) atoms. The van der Waals surface area contributed by atoms with Crippen molar-refractivity contribution >= 4 is 5.91 Å². The van der Waals surface area contributed by atoms with Crippen molar-refractivity contribution in [3.63, 3.8) is 0 Å². The largest absolute Gasteiger partial charge is 0.394 e. The van der Waals surface area contributed by atoms with E-state index < -0.39 is 37.3 Å². The van der Waals surface area contributed by atoms with Crippen LogP contribution in [0.15, 0.2) is 12.7 Å². The molecule has 1 heterocycles. The smallest absolute Gasteiger partial charge is 0.243 e. The molecule has 0 aromatic rings. The van der Waals surface area contributed by atoms with Crippen LogP contribution in [0.1, 0.15) is 0 Å². The zero-order valence-corrected chi connectivity index (χ0v) is 10.3. The molecule has 1 fully saturated rings. The maximum Gasteiger partial charge on any atom is 0.243 e. The summed E-state index contributed by atoms with van der Waals surface area (Å²) in [7, 11) is 0. The van der Waals surface area contributed by atoms with E-state index in [-0.39, 0.29) is 19.1 Å². The first-order chi connectivity index (χ1) is 9.01. The third-order valence-corrected chi connectivity index (χ3v) is 2.72. The lowest BCUT2D eigenvalue weighted by atomic mass is 9.99. The van der Waals surface area contributed by atoms with Crippen molar-refractivity contribution in [1.29, 1.82) is 0 Å². The molecule has 1 amide bonds. The average Bonchev–Trinajstić information content (AvgIpc) is 2.42. The van der Waals surface area contributed by atoms with Gasteiger partial charge in [0.05, 0.1) is 13.2 Å². The normalized spacial score (nSPS) is 34.8. The number of aliphatic hydroxyl groups excluding tert-OH is 4. The maximum absolute atomic E-state index is 10.8. The van der Waals surface area contributed by atoms with Crippen molar-refractivity contribution in [3.8, 4) is 0 Å². The highest BCUT2D eigenvalue weighted by Crippen LogP contribution is 2.21. The maximum atomic E-state index is 10.8. The summed E-state index contributed by atoms with van der Waals surface area (Å²) in [6.07, 6.45) is -5.41. The molecular formula is C11H19NO7. The minimum absolute atomic E-state index is 0.0300. The van der Waals surface area contributed by atoms with E-state index in [4.69, 9.17) is 14.6 Å². The van der Waals surface area contributed by atoms with E-state index in [1.807, 2.05) is 0 Å². The molecule has 0 radical (unpaired) electrons. The number of nitrogens with one attached hydrogen (secondary N) is 1. The van der Waals surface area contributed by atoms with Gasteiger partial charge in [-0.2, -0.15) is 0 Å². The SMILES string of the molecule is C=CC(=O)NCCOC1O[C@H](CO)[C@H](O)[C@H](O)[C@H]1O. The van der Waals surface area contributed by atoms with E-state index >= 15 is 0 Å². The molecule has 1 aliphatic rings. The Morgan fingerprint density at radius 2 is 2.00 bits per heavy atom. The highest BCUT2D eigenvalue weighted by atomic mass is 16.7. The van der Waals surface area contributed by atoms with Crippen molar-refractivity contribution in [2.45, 2.75) is 30.7 Å². The van der Waals surface area contributed by atoms with Crippen LogP contribution in [0, 0.1) is 0 Å². The van der Waals surface area contributed by atoms with Gasteiger partial charge in [-0.25, -0.2) is 0 Å². The molecule has 8 heteroatoms. The van der Waals surface area contributed by atoms with Crippen LogP contribution in [0.25, 0.3) is 0 Å². The molecule has 0 bridgehead atoms. The summed E-state index contributed by atoms with van der Waals surface area (Å²) in [5.74, 6) is -0.364. The van der Waals surface area contributed by atoms with Gasteiger partial charge in [-0.1, -0.05) is 6.58 Å². The van der Waals surface area contributed by atoms with Crippen LogP contribution < -0.4 is 5.32 Å². The van der Waals surface area contributed by atoms with Gasteiger partial charge in [0.1, 0.15) is 24.4 Å². The second-order valence-corrected chi connectivity index (χ2v) is 4.06. The zero-order chi connectivity index (χ0) is 14.4. The summed E-state index contributed by atoms with van der Waals surface area (Å²) < 4.78 is 10.2. The Morgan fingerprint density at radius 3 is 2.58 bits per heavy atom. The Hall–Kier alpha value is -1.03. The quantitative estimate of drug-likeness (QED) is 0.260. The average molecular weight is 277 g/mol. The lowest BCUT2D eigenvalue weighted by Crippen LogP contribution is -2.59. The molecule has 8 nitrogen and oxygen atoms in total. The lowest BCUT2D eigenvalue weighted by Gasteiger charge is -2.39. The van der Waals surface area contributed by atoms with E-state index in [0.717, 1.165) is 6.08 Å². The van der Waals surface area contributed by atoms with Crippen LogP contribution in [0.3, 0.4) is 0 Å². The van der Waals surface area contributed by atoms with Gasteiger partial charge in [-0.05, 0) is 6.08 Å². The highest BCUT2D eigenvalue weighted by molar-refractivity contribution is 5.86. The second-order valence-electron chi connectivity index (χ2n) is 4.06. The number of carbonyl (C=O) groups is 1. The number of aliphatic hydroxyl groups is 4. The standard InChI is InChI=1S/C11H19NO7/c1-2-7(14)12-3-4-18-11-10(17)9(16)8(15)6(5-13)19-11/h2,6,8-11,13,15-17H,1,3-5H2,(H,12,14)/t6-,8+,9+,10-,11?/m1/s1. The van der Waals surface area contributed by atoms with E-state index in [9.17, 15) is 20.1 Å². The predicted octanol–water partition coefficient (Wildman–Crippen LogP) is -2.89. The zero-order valence-electron chi connectivity index (χ0n) is 10.3. The van der Waals surface area contributed by atoms with Gasteiger partial charge >= 0.3 is 0 Å². The Labute approximate surface area is 110 Å². The highest BCUT2D eigenvalue weighted by Gasteiger charge is 2.43. The molecule has 0 spiro atoms. The number of ether oxygens (including phenoxy) is 2. The van der Waals surface area contributed by atoms with Crippen LogP contribution in [0.2, 0.25) is 0 Å². The number of amides is 1. The Balaban J connectivity index is 2.39. The first kappa shape index (κ1) is 16.0. The van der Waals surface area contributed by atoms with Crippen LogP contribution in [-0.2, 0) is 14.3 Å². The summed E-state index contributed by atoms with van der Waals surface area (Å²) in [6.45, 7) is 2.96. The minimum atomic E-state index is -1.47. The number of rotatable bonds is 6. The topological polar surface area (TPSA) is 128 Å². The van der Waals surface area contributed by atoms with Crippen molar-refractivity contribution in [3.05, 3.63) is 12.7 Å². The molecule has 1 saturated heterocycles. The van der Waals surface area contributed by atoms with Gasteiger partial charge in [0.15, 0.2) is 6.29 Å². The molecule has 0 aliphatic carbocycles. The summed E-state index contributed by atoms with van der Waals surface area (Å²) in [5, 5.41) is 40.1. The first-order valence-corrected chi connectivity index (χ1v) is 5.83. The third kappa shape index (κ3) is 4.23. The molecule has 0 aromatic carbocycles. The van der Waals surface area contributed by atoms with Crippen molar-refractivity contribution in [2.75, 3.05) is 19.8 Å². The van der Waals surface area contributed by atoms with Crippen LogP contribution in [0.5, 0.6) is 0 Å². The van der Waals surface area contributed by atoms with Gasteiger partial charge in [-0.15, -0.1) is 0 Å². The molecule has 5 N–H and O–H groups in total. The summed E-state index contributed by atoms with van der Waals surface area (Å²) in [6, 6.07) is 0. The summed E-state index contributed by atoms with van der Waals surface area (Å²) >= 11 is 0. The molecular weight excluding hydrogens is 258 g/mol. The van der Waals surface area contributed by atoms with Crippen LogP contribution >= 0.6 is 0 Å². The predicted molar refractivity (Wildman–Crippen MR) is 62.9 cm³/mol. The molecule has 1 rings (SSSR count). The van der Waals surface area contributed by atoms with E-state index in [1.165, 1.54) is 0 Å². The fourth-order valence-electron chi connectivity index (χ4n) is 1.63. The van der Waals surface area contributed by atoms with E-state index in [2.05, 4.69) is 11.9 Å². The van der Waals surface area contributed by atoms with Gasteiger partial charge in [0.2, 0.25) is 5.91 Å². The van der Waals surface area contributed by atoms with Crippen molar-refractivity contribution in [1.82, 2.24) is 5.32 Å². The molecule has 1 aliphatic heterocycles. The number of hydrogen-bond acceptors (Lipinski definition) is 7. The Kier molecular flexibility index (Phi) is 6.35. The molecule has 0 aromatic heterocycles. The van der Waals surface area contributed by atoms with Gasteiger partial charge in [0, 0.05) is 6.54 Å². The van der Waals surface area contributed by atoms with Gasteiger partial charge < -0.3 is 35.2 Å². The Morgan fingerprint density at radius 1 is 1.32 bits per heavy atom.